The summed E-state index contributed by atoms with van der Waals surface area (Å²) >= 11 is 0. The summed E-state index contributed by atoms with van der Waals surface area (Å²) in [6, 6.07) is 2.31. The van der Waals surface area contributed by atoms with E-state index in [0.29, 0.717) is 5.41 Å². The van der Waals surface area contributed by atoms with Crippen LogP contribution in [0.4, 0.5) is 0 Å². The Hall–Kier alpha value is -0.550. The number of rotatable bonds is 3. The minimum absolute atomic E-state index is 0.0213. The predicted molar refractivity (Wildman–Crippen MR) is 63.7 cm³/mol. The van der Waals surface area contributed by atoms with Crippen LogP contribution >= 0.6 is 0 Å². The van der Waals surface area contributed by atoms with E-state index in [4.69, 9.17) is 5.26 Å². The summed E-state index contributed by atoms with van der Waals surface area (Å²) in [7, 11) is 0. The first-order chi connectivity index (χ1) is 7.69. The topological polar surface area (TPSA) is 35.8 Å². The quantitative estimate of drug-likeness (QED) is 0.790. The van der Waals surface area contributed by atoms with Crippen LogP contribution in [0.2, 0.25) is 0 Å². The molecule has 0 radical (unpaired) electrons. The van der Waals surface area contributed by atoms with E-state index in [0.717, 1.165) is 24.3 Å². The number of nitrogens with zero attached hydrogens (tertiary/aromatic N) is 1. The van der Waals surface area contributed by atoms with Gasteiger partial charge in [0.15, 0.2) is 0 Å². The van der Waals surface area contributed by atoms with Crippen molar-refractivity contribution in [2.75, 3.05) is 6.54 Å². The molecule has 1 unspecified atom stereocenters. The van der Waals surface area contributed by atoms with E-state index in [9.17, 15) is 0 Å². The third-order valence-corrected chi connectivity index (χ3v) is 5.14. The summed E-state index contributed by atoms with van der Waals surface area (Å²) in [6.45, 7) is 3.06. The largest absolute Gasteiger partial charge is 0.302 e. The summed E-state index contributed by atoms with van der Waals surface area (Å²) in [4.78, 5) is 0. The normalized spacial score (nSPS) is 46.6. The Morgan fingerprint density at radius 2 is 1.69 bits per heavy atom. The molecular formula is C14H22N2. The van der Waals surface area contributed by atoms with E-state index in [2.05, 4.69) is 11.4 Å². The maximum atomic E-state index is 8.84. The molecule has 0 heterocycles. The van der Waals surface area contributed by atoms with E-state index >= 15 is 0 Å². The molecular weight excluding hydrogens is 196 g/mol. The van der Waals surface area contributed by atoms with Gasteiger partial charge in [0.05, 0.1) is 12.1 Å². The van der Waals surface area contributed by atoms with E-state index in [1.165, 1.54) is 38.5 Å². The second kappa shape index (κ2) is 3.74. The van der Waals surface area contributed by atoms with Crippen LogP contribution in [-0.2, 0) is 0 Å². The number of hydrogen-bond acceptors (Lipinski definition) is 2. The van der Waals surface area contributed by atoms with Gasteiger partial charge in [-0.1, -0.05) is 0 Å². The molecule has 16 heavy (non-hydrogen) atoms. The smallest absolute Gasteiger partial charge is 0.0924 e. The lowest BCUT2D eigenvalue weighted by Gasteiger charge is -2.57. The van der Waals surface area contributed by atoms with Crippen molar-refractivity contribution in [1.29, 1.82) is 5.26 Å². The van der Waals surface area contributed by atoms with Gasteiger partial charge in [0.2, 0.25) is 0 Å². The first kappa shape index (κ1) is 10.6. The highest BCUT2D eigenvalue weighted by Gasteiger charge is 2.50. The van der Waals surface area contributed by atoms with Gasteiger partial charge in [-0.3, -0.25) is 0 Å². The molecule has 0 aliphatic heterocycles. The average molecular weight is 218 g/mol. The van der Waals surface area contributed by atoms with Crippen LogP contribution in [0.15, 0.2) is 0 Å². The van der Waals surface area contributed by atoms with Crippen LogP contribution in [0.3, 0.4) is 0 Å². The Morgan fingerprint density at radius 1 is 1.19 bits per heavy atom. The SMILES string of the molecule is CC(C#N)NCC12CC3CC(CC(C3)C1)C2. The zero-order valence-electron chi connectivity index (χ0n) is 10.2. The zero-order valence-corrected chi connectivity index (χ0v) is 10.2. The van der Waals surface area contributed by atoms with Crippen molar-refractivity contribution < 1.29 is 0 Å². The van der Waals surface area contributed by atoms with Crippen LogP contribution < -0.4 is 5.32 Å². The van der Waals surface area contributed by atoms with E-state index in [1.807, 2.05) is 6.92 Å². The third kappa shape index (κ3) is 1.76. The van der Waals surface area contributed by atoms with Gasteiger partial charge in [-0.15, -0.1) is 0 Å². The zero-order chi connectivity index (χ0) is 11.2. The van der Waals surface area contributed by atoms with E-state index in [1.54, 1.807) is 0 Å². The molecule has 0 amide bonds. The molecule has 4 fully saturated rings. The summed E-state index contributed by atoms with van der Waals surface area (Å²) in [5.41, 5.74) is 0.569. The molecule has 2 heteroatoms. The van der Waals surface area contributed by atoms with E-state index < -0.39 is 0 Å². The molecule has 2 nitrogen and oxygen atoms in total. The van der Waals surface area contributed by atoms with Gasteiger partial charge >= 0.3 is 0 Å². The minimum Gasteiger partial charge on any atom is -0.302 e. The second-order valence-electron chi connectivity index (χ2n) is 6.65. The van der Waals surface area contributed by atoms with Crippen molar-refractivity contribution in [2.45, 2.75) is 51.5 Å². The van der Waals surface area contributed by atoms with Crippen molar-refractivity contribution in [3.63, 3.8) is 0 Å². The Morgan fingerprint density at radius 3 is 2.12 bits per heavy atom. The summed E-state index contributed by atoms with van der Waals surface area (Å²) in [5, 5.41) is 12.3. The molecule has 0 saturated heterocycles. The van der Waals surface area contributed by atoms with Crippen LogP contribution in [-0.4, -0.2) is 12.6 Å². The average Bonchev–Trinajstić information content (AvgIpc) is 2.24. The number of nitriles is 1. The van der Waals surface area contributed by atoms with E-state index in [-0.39, 0.29) is 6.04 Å². The molecule has 4 bridgehead atoms. The molecule has 4 rings (SSSR count). The Kier molecular flexibility index (Phi) is 2.47. The van der Waals surface area contributed by atoms with Crippen molar-refractivity contribution in [1.82, 2.24) is 5.32 Å². The van der Waals surface area contributed by atoms with Crippen molar-refractivity contribution in [3.8, 4) is 6.07 Å². The fourth-order valence-electron chi connectivity index (χ4n) is 4.92. The summed E-state index contributed by atoms with van der Waals surface area (Å²) in [5.74, 6) is 3.06. The maximum absolute atomic E-state index is 8.84. The molecule has 1 atom stereocenters. The van der Waals surface area contributed by atoms with Gasteiger partial charge in [0.1, 0.15) is 0 Å². The summed E-state index contributed by atoms with van der Waals surface area (Å²) < 4.78 is 0. The lowest BCUT2D eigenvalue weighted by atomic mass is 9.49. The number of nitrogens with one attached hydrogen (secondary N) is 1. The molecule has 4 aliphatic rings. The molecule has 4 saturated carbocycles. The highest BCUT2D eigenvalue weighted by Crippen LogP contribution is 2.59. The molecule has 0 aromatic rings. The van der Waals surface area contributed by atoms with Gasteiger partial charge in [-0.25, -0.2) is 0 Å². The summed E-state index contributed by atoms with van der Waals surface area (Å²) in [6.07, 6.45) is 8.83. The molecule has 1 N–H and O–H groups in total. The number of hydrogen-bond donors (Lipinski definition) is 1. The monoisotopic (exact) mass is 218 g/mol. The second-order valence-corrected chi connectivity index (χ2v) is 6.65. The standard InChI is InChI=1S/C14H22N2/c1-10(8-15)16-9-14-5-11-2-12(6-14)4-13(3-11)7-14/h10-13,16H,2-7,9H2,1H3. The Bertz CT molecular complexity index is 280. The highest BCUT2D eigenvalue weighted by atomic mass is 14.9. The molecule has 4 aliphatic carbocycles. The lowest BCUT2D eigenvalue weighted by Crippen LogP contribution is -2.51. The first-order valence-corrected chi connectivity index (χ1v) is 6.82. The Balaban J connectivity index is 1.67. The maximum Gasteiger partial charge on any atom is 0.0924 e. The fourth-order valence-corrected chi connectivity index (χ4v) is 4.92. The van der Waals surface area contributed by atoms with Crippen LogP contribution in [0.25, 0.3) is 0 Å². The predicted octanol–water partition coefficient (Wildman–Crippen LogP) is 2.70. The van der Waals surface area contributed by atoms with Gasteiger partial charge in [-0.05, 0) is 68.6 Å². The molecule has 0 spiro atoms. The molecule has 88 valence electrons. The van der Waals surface area contributed by atoms with Gasteiger partial charge in [-0.2, -0.15) is 5.26 Å². The molecule has 0 aromatic carbocycles. The highest BCUT2D eigenvalue weighted by molar-refractivity contribution is 5.03. The lowest BCUT2D eigenvalue weighted by molar-refractivity contribution is -0.0516. The van der Waals surface area contributed by atoms with Crippen LogP contribution in [0, 0.1) is 34.5 Å². The van der Waals surface area contributed by atoms with Crippen LogP contribution in [0.5, 0.6) is 0 Å². The fraction of sp³-hybridized carbons (Fsp3) is 0.929. The van der Waals surface area contributed by atoms with Gasteiger partial charge in [0.25, 0.3) is 0 Å². The first-order valence-electron chi connectivity index (χ1n) is 6.82. The minimum atomic E-state index is 0.0213. The van der Waals surface area contributed by atoms with Gasteiger partial charge in [0, 0.05) is 6.54 Å². The molecule has 0 aromatic heterocycles. The van der Waals surface area contributed by atoms with Crippen LogP contribution in [0.1, 0.15) is 45.4 Å². The van der Waals surface area contributed by atoms with Crippen molar-refractivity contribution >= 4 is 0 Å². The third-order valence-electron chi connectivity index (χ3n) is 5.14. The Labute approximate surface area is 98.4 Å². The van der Waals surface area contributed by atoms with Crippen molar-refractivity contribution in [3.05, 3.63) is 0 Å². The van der Waals surface area contributed by atoms with Gasteiger partial charge < -0.3 is 5.32 Å². The van der Waals surface area contributed by atoms with Crippen molar-refractivity contribution in [2.24, 2.45) is 23.2 Å².